The molecule has 1 unspecified atom stereocenters. The average molecular weight is 161 g/mol. The maximum atomic E-state index is 12.5. The Labute approximate surface area is 65.4 Å². The van der Waals surface area contributed by atoms with Gasteiger partial charge in [-0.2, -0.15) is 0 Å². The molecule has 1 atom stereocenters. The molecule has 0 amide bonds. The summed E-state index contributed by atoms with van der Waals surface area (Å²) >= 11 is 5.59. The van der Waals surface area contributed by atoms with Crippen LogP contribution in [0.4, 0.5) is 4.39 Å². The van der Waals surface area contributed by atoms with Gasteiger partial charge in [-0.1, -0.05) is 24.6 Å². The molecule has 0 heterocycles. The molecule has 0 aliphatic heterocycles. The first-order chi connectivity index (χ1) is 4.74. The van der Waals surface area contributed by atoms with Crippen LogP contribution in [0.3, 0.4) is 0 Å². The summed E-state index contributed by atoms with van der Waals surface area (Å²) in [5, 5.41) is 0.370. The molecule has 2 heteroatoms. The summed E-state index contributed by atoms with van der Waals surface area (Å²) in [5.41, 5.74) is 0. The Morgan fingerprint density at radius 1 is 1.80 bits per heavy atom. The lowest BCUT2D eigenvalue weighted by Gasteiger charge is -2.12. The molecule has 0 N–H and O–H groups in total. The van der Waals surface area contributed by atoms with Gasteiger partial charge in [0.1, 0.15) is 5.83 Å². The number of hydrogen-bond donors (Lipinski definition) is 0. The first-order valence-electron chi connectivity index (χ1n) is 3.46. The fourth-order valence-electron chi connectivity index (χ4n) is 0.987. The largest absolute Gasteiger partial charge is 0.206 e. The van der Waals surface area contributed by atoms with Crippen molar-refractivity contribution in [3.8, 4) is 0 Å². The Kier molecular flexibility index (Phi) is 2.50. The van der Waals surface area contributed by atoms with Crippen molar-refractivity contribution in [1.29, 1.82) is 0 Å². The van der Waals surface area contributed by atoms with Gasteiger partial charge in [0.2, 0.25) is 0 Å². The summed E-state index contributed by atoms with van der Waals surface area (Å²) in [6.45, 7) is 2.07. The molecule has 0 aromatic heterocycles. The summed E-state index contributed by atoms with van der Waals surface area (Å²) in [6.07, 6.45) is 5.03. The summed E-state index contributed by atoms with van der Waals surface area (Å²) in [5.74, 6) is 0.165. The Morgan fingerprint density at radius 2 is 2.50 bits per heavy atom. The molecule has 56 valence electrons. The van der Waals surface area contributed by atoms with Crippen LogP contribution in [0.1, 0.15) is 19.8 Å². The topological polar surface area (TPSA) is 0 Å². The number of halogens is 2. The van der Waals surface area contributed by atoms with Crippen molar-refractivity contribution in [1.82, 2.24) is 0 Å². The fraction of sp³-hybridized carbons (Fsp3) is 0.500. The van der Waals surface area contributed by atoms with Gasteiger partial charge < -0.3 is 0 Å². The van der Waals surface area contributed by atoms with Crippen LogP contribution < -0.4 is 0 Å². The predicted octanol–water partition coefficient (Wildman–Crippen LogP) is 3.39. The summed E-state index contributed by atoms with van der Waals surface area (Å²) in [4.78, 5) is 0. The van der Waals surface area contributed by atoms with Crippen molar-refractivity contribution in [3.05, 3.63) is 23.0 Å². The molecule has 0 nitrogen and oxygen atoms in total. The molecule has 0 bridgehead atoms. The van der Waals surface area contributed by atoms with E-state index in [1.807, 2.05) is 6.08 Å². The fourth-order valence-corrected chi connectivity index (χ4v) is 1.25. The van der Waals surface area contributed by atoms with Gasteiger partial charge in [0, 0.05) is 0 Å². The van der Waals surface area contributed by atoms with Crippen LogP contribution in [0.25, 0.3) is 0 Å². The number of rotatable bonds is 1. The molecular formula is C8H10ClF. The lowest BCUT2D eigenvalue weighted by atomic mass is 9.98. The molecule has 0 saturated carbocycles. The maximum Gasteiger partial charge on any atom is 0.137 e. The summed E-state index contributed by atoms with van der Waals surface area (Å²) in [6, 6.07) is 0. The van der Waals surface area contributed by atoms with Gasteiger partial charge in [-0.25, -0.2) is 4.39 Å². The van der Waals surface area contributed by atoms with Crippen LogP contribution >= 0.6 is 11.6 Å². The minimum Gasteiger partial charge on any atom is -0.206 e. The number of hydrogen-bond acceptors (Lipinski definition) is 0. The molecule has 1 rings (SSSR count). The zero-order valence-electron chi connectivity index (χ0n) is 5.90. The minimum atomic E-state index is -0.272. The van der Waals surface area contributed by atoms with Gasteiger partial charge in [-0.3, -0.25) is 0 Å². The third-order valence-corrected chi connectivity index (χ3v) is 2.07. The van der Waals surface area contributed by atoms with E-state index in [-0.39, 0.29) is 5.83 Å². The van der Waals surface area contributed by atoms with E-state index in [1.54, 1.807) is 0 Å². The van der Waals surface area contributed by atoms with E-state index in [0.717, 1.165) is 6.42 Å². The van der Waals surface area contributed by atoms with E-state index in [1.165, 1.54) is 6.08 Å². The highest BCUT2D eigenvalue weighted by atomic mass is 35.5. The first-order valence-corrected chi connectivity index (χ1v) is 3.84. The summed E-state index contributed by atoms with van der Waals surface area (Å²) < 4.78 is 12.5. The molecular weight excluding hydrogens is 151 g/mol. The van der Waals surface area contributed by atoms with E-state index in [9.17, 15) is 4.39 Å². The second-order valence-electron chi connectivity index (χ2n) is 2.48. The molecule has 1 aliphatic rings. The highest BCUT2D eigenvalue weighted by Gasteiger charge is 2.12. The first kappa shape index (κ1) is 7.80. The smallest absolute Gasteiger partial charge is 0.137 e. The lowest BCUT2D eigenvalue weighted by Crippen LogP contribution is -1.99. The SMILES string of the molecule is CCC1C=CC(F)=C(Cl)C1. The maximum absolute atomic E-state index is 12.5. The molecule has 0 radical (unpaired) electrons. The lowest BCUT2D eigenvalue weighted by molar-refractivity contribution is 0.580. The third-order valence-electron chi connectivity index (χ3n) is 1.74. The van der Waals surface area contributed by atoms with Gasteiger partial charge in [0.05, 0.1) is 5.03 Å². The van der Waals surface area contributed by atoms with Crippen LogP contribution in [0.5, 0.6) is 0 Å². The monoisotopic (exact) mass is 160 g/mol. The average Bonchev–Trinajstić information content (AvgIpc) is 1.95. The quantitative estimate of drug-likeness (QED) is 0.552. The Hall–Kier alpha value is -0.300. The highest BCUT2D eigenvalue weighted by Crippen LogP contribution is 2.28. The van der Waals surface area contributed by atoms with Crippen molar-refractivity contribution < 1.29 is 4.39 Å². The van der Waals surface area contributed by atoms with Crippen LogP contribution in [-0.4, -0.2) is 0 Å². The van der Waals surface area contributed by atoms with Crippen molar-refractivity contribution in [2.45, 2.75) is 19.8 Å². The van der Waals surface area contributed by atoms with Crippen molar-refractivity contribution >= 4 is 11.6 Å². The van der Waals surface area contributed by atoms with Gasteiger partial charge in [-0.05, 0) is 24.8 Å². The van der Waals surface area contributed by atoms with Crippen LogP contribution in [-0.2, 0) is 0 Å². The zero-order valence-corrected chi connectivity index (χ0v) is 6.66. The second-order valence-corrected chi connectivity index (χ2v) is 2.94. The molecule has 0 aromatic rings. The number of allylic oxidation sites excluding steroid dienone is 4. The van der Waals surface area contributed by atoms with E-state index >= 15 is 0 Å². The Bertz CT molecular complexity index is 182. The molecule has 0 spiro atoms. The van der Waals surface area contributed by atoms with E-state index < -0.39 is 0 Å². The molecule has 0 aromatic carbocycles. The second kappa shape index (κ2) is 3.20. The molecule has 1 aliphatic carbocycles. The highest BCUT2D eigenvalue weighted by molar-refractivity contribution is 6.30. The minimum absolute atomic E-state index is 0.272. The Balaban J connectivity index is 2.65. The molecule has 10 heavy (non-hydrogen) atoms. The predicted molar refractivity (Wildman–Crippen MR) is 41.5 cm³/mol. The van der Waals surface area contributed by atoms with Gasteiger partial charge in [-0.15, -0.1) is 0 Å². The van der Waals surface area contributed by atoms with Crippen molar-refractivity contribution in [2.24, 2.45) is 5.92 Å². The van der Waals surface area contributed by atoms with Crippen LogP contribution in [0, 0.1) is 5.92 Å². The van der Waals surface area contributed by atoms with E-state index in [0.29, 0.717) is 17.4 Å². The standard InChI is InChI=1S/C8H10ClF/c1-2-6-3-4-8(10)7(9)5-6/h3-4,6H,2,5H2,1H3. The third kappa shape index (κ3) is 1.60. The van der Waals surface area contributed by atoms with Crippen molar-refractivity contribution in [3.63, 3.8) is 0 Å². The molecule has 0 fully saturated rings. The van der Waals surface area contributed by atoms with Crippen LogP contribution in [0.15, 0.2) is 23.0 Å². The van der Waals surface area contributed by atoms with Gasteiger partial charge >= 0.3 is 0 Å². The van der Waals surface area contributed by atoms with Crippen molar-refractivity contribution in [2.75, 3.05) is 0 Å². The summed E-state index contributed by atoms with van der Waals surface area (Å²) in [7, 11) is 0. The van der Waals surface area contributed by atoms with E-state index in [2.05, 4.69) is 6.92 Å². The molecule has 0 saturated heterocycles. The van der Waals surface area contributed by atoms with Gasteiger partial charge in [0.25, 0.3) is 0 Å². The Morgan fingerprint density at radius 3 is 3.00 bits per heavy atom. The zero-order chi connectivity index (χ0) is 7.56. The van der Waals surface area contributed by atoms with Gasteiger partial charge in [0.15, 0.2) is 0 Å². The normalized spacial score (nSPS) is 25.7. The van der Waals surface area contributed by atoms with Crippen LogP contribution in [0.2, 0.25) is 0 Å². The van der Waals surface area contributed by atoms with E-state index in [4.69, 9.17) is 11.6 Å².